The number of halogens is 1. The minimum atomic E-state index is -2.97. The molecule has 3 heterocycles. The third-order valence-corrected chi connectivity index (χ3v) is 5.34. The summed E-state index contributed by atoms with van der Waals surface area (Å²) in [6, 6.07) is 3.40. The van der Waals surface area contributed by atoms with Crippen molar-refractivity contribution in [3.8, 4) is 0 Å². The number of fused-ring (bicyclic) bond motifs is 1. The second-order valence-corrected chi connectivity index (χ2v) is 7.32. The molecule has 1 aliphatic heterocycles. The molecule has 8 heteroatoms. The third kappa shape index (κ3) is 2.16. The molecule has 106 valence electrons. The number of aldehydes is 1. The Bertz CT molecular complexity index is 771. The Morgan fingerprint density at radius 2 is 1.95 bits per heavy atom. The predicted molar refractivity (Wildman–Crippen MR) is 76.5 cm³/mol. The summed E-state index contributed by atoms with van der Waals surface area (Å²) in [6.07, 6.45) is 2.30. The van der Waals surface area contributed by atoms with Crippen LogP contribution < -0.4 is 4.90 Å². The number of carbonyl (C=O) groups excluding carboxylic acids is 1. The molecule has 1 aliphatic rings. The van der Waals surface area contributed by atoms with Gasteiger partial charge in [0, 0.05) is 13.1 Å². The monoisotopic (exact) mass is 313 g/mol. The first-order valence-electron chi connectivity index (χ1n) is 6.08. The lowest BCUT2D eigenvalue weighted by molar-refractivity contribution is 0.112. The highest BCUT2D eigenvalue weighted by atomic mass is 35.5. The van der Waals surface area contributed by atoms with Crippen LogP contribution in [0.4, 0.5) is 5.82 Å². The first kappa shape index (κ1) is 13.4. The largest absolute Gasteiger partial charge is 0.355 e. The zero-order valence-corrected chi connectivity index (χ0v) is 12.1. The summed E-state index contributed by atoms with van der Waals surface area (Å²) in [5.74, 6) is 0.820. The molecule has 2 aromatic rings. The average Bonchev–Trinajstić information content (AvgIpc) is 2.80. The van der Waals surface area contributed by atoms with E-state index in [0.717, 1.165) is 6.29 Å². The van der Waals surface area contributed by atoms with Crippen LogP contribution in [0.5, 0.6) is 0 Å². The van der Waals surface area contributed by atoms with Gasteiger partial charge in [-0.15, -0.1) is 0 Å². The number of nitrogens with zero attached hydrogens (tertiary/aromatic N) is 3. The lowest BCUT2D eigenvalue weighted by atomic mass is 10.2. The molecule has 0 aromatic carbocycles. The number of sulfone groups is 1. The molecule has 20 heavy (non-hydrogen) atoms. The molecule has 0 amide bonds. The Labute approximate surface area is 120 Å². The molecule has 3 rings (SSSR count). The van der Waals surface area contributed by atoms with Crippen LogP contribution in [-0.4, -0.2) is 48.7 Å². The number of imidazole rings is 1. The summed E-state index contributed by atoms with van der Waals surface area (Å²) in [5, 5.41) is 0.355. The van der Waals surface area contributed by atoms with Crippen molar-refractivity contribution in [3.05, 3.63) is 29.2 Å². The van der Waals surface area contributed by atoms with Crippen molar-refractivity contribution < 1.29 is 13.2 Å². The van der Waals surface area contributed by atoms with E-state index in [1.165, 1.54) is 0 Å². The highest BCUT2D eigenvalue weighted by molar-refractivity contribution is 7.91. The van der Waals surface area contributed by atoms with E-state index in [9.17, 15) is 13.2 Å². The summed E-state index contributed by atoms with van der Waals surface area (Å²) >= 11 is 5.99. The topological polar surface area (TPSA) is 71.8 Å². The molecule has 1 fully saturated rings. The second-order valence-electron chi connectivity index (χ2n) is 4.66. The lowest BCUT2D eigenvalue weighted by Crippen LogP contribution is -2.41. The van der Waals surface area contributed by atoms with Gasteiger partial charge < -0.3 is 4.90 Å². The number of rotatable bonds is 2. The molecule has 0 saturated carbocycles. The first-order chi connectivity index (χ1) is 9.52. The Morgan fingerprint density at radius 3 is 2.60 bits per heavy atom. The van der Waals surface area contributed by atoms with Gasteiger partial charge in [0.25, 0.3) is 0 Å². The van der Waals surface area contributed by atoms with Crippen LogP contribution in [0, 0.1) is 0 Å². The molecule has 1 saturated heterocycles. The second kappa shape index (κ2) is 4.75. The van der Waals surface area contributed by atoms with Gasteiger partial charge in [0.05, 0.1) is 22.6 Å². The SMILES string of the molecule is O=Cc1ccc2c(Cl)ncn2c1N1CCS(=O)(=O)CC1. The standard InChI is InChI=1S/C12H12ClN3O3S/c13-11-10-2-1-9(7-17)12(16(10)8-14-11)15-3-5-20(18,19)6-4-15/h1-2,7-8H,3-6H2. The maximum absolute atomic E-state index is 11.5. The highest BCUT2D eigenvalue weighted by Gasteiger charge is 2.25. The van der Waals surface area contributed by atoms with Crippen LogP contribution in [-0.2, 0) is 9.84 Å². The number of carbonyl (C=O) groups is 1. The van der Waals surface area contributed by atoms with E-state index in [-0.39, 0.29) is 11.5 Å². The molecule has 0 bridgehead atoms. The van der Waals surface area contributed by atoms with Gasteiger partial charge in [-0.1, -0.05) is 11.6 Å². The van der Waals surface area contributed by atoms with Crippen molar-refractivity contribution in [3.63, 3.8) is 0 Å². The normalized spacial score (nSPS) is 18.4. The van der Waals surface area contributed by atoms with E-state index in [4.69, 9.17) is 11.6 Å². The van der Waals surface area contributed by atoms with Crippen molar-refractivity contribution in [2.45, 2.75) is 0 Å². The average molecular weight is 314 g/mol. The summed E-state index contributed by atoms with van der Waals surface area (Å²) in [7, 11) is -2.97. The van der Waals surface area contributed by atoms with Crippen LogP contribution in [0.15, 0.2) is 18.5 Å². The maximum Gasteiger partial charge on any atom is 0.154 e. The van der Waals surface area contributed by atoms with Gasteiger partial charge in [0.2, 0.25) is 0 Å². The molecule has 0 unspecified atom stereocenters. The van der Waals surface area contributed by atoms with Crippen LogP contribution in [0.3, 0.4) is 0 Å². The predicted octanol–water partition coefficient (Wildman–Crippen LogP) is 1.03. The molecule has 0 aliphatic carbocycles. The van der Waals surface area contributed by atoms with E-state index in [1.807, 2.05) is 4.90 Å². The Balaban J connectivity index is 2.12. The highest BCUT2D eigenvalue weighted by Crippen LogP contribution is 2.26. The van der Waals surface area contributed by atoms with E-state index >= 15 is 0 Å². The fraction of sp³-hybridized carbons (Fsp3) is 0.333. The summed E-state index contributed by atoms with van der Waals surface area (Å²) in [6.45, 7) is 0.718. The molecule has 0 atom stereocenters. The van der Waals surface area contributed by atoms with Crippen LogP contribution in [0.2, 0.25) is 5.15 Å². The van der Waals surface area contributed by atoms with Gasteiger partial charge in [-0.3, -0.25) is 9.20 Å². The Morgan fingerprint density at radius 1 is 1.25 bits per heavy atom. The summed E-state index contributed by atoms with van der Waals surface area (Å²) < 4.78 is 24.8. The van der Waals surface area contributed by atoms with Crippen molar-refractivity contribution in [1.29, 1.82) is 0 Å². The van der Waals surface area contributed by atoms with Gasteiger partial charge in [-0.25, -0.2) is 13.4 Å². The van der Waals surface area contributed by atoms with Gasteiger partial charge >= 0.3 is 0 Å². The van der Waals surface area contributed by atoms with E-state index in [1.54, 1.807) is 22.9 Å². The van der Waals surface area contributed by atoms with Crippen LogP contribution in [0.25, 0.3) is 5.52 Å². The fourth-order valence-electron chi connectivity index (χ4n) is 2.39. The first-order valence-corrected chi connectivity index (χ1v) is 8.28. The maximum atomic E-state index is 11.5. The smallest absolute Gasteiger partial charge is 0.154 e. The summed E-state index contributed by atoms with van der Waals surface area (Å²) in [5.41, 5.74) is 1.19. The molecule has 6 nitrogen and oxygen atoms in total. The van der Waals surface area contributed by atoms with Crippen molar-refractivity contribution >= 4 is 39.1 Å². The van der Waals surface area contributed by atoms with Gasteiger partial charge in [-0.2, -0.15) is 0 Å². The molecule has 2 aromatic heterocycles. The number of aromatic nitrogens is 2. The van der Waals surface area contributed by atoms with Crippen molar-refractivity contribution in [1.82, 2.24) is 9.38 Å². The van der Waals surface area contributed by atoms with Crippen molar-refractivity contribution in [2.24, 2.45) is 0 Å². The van der Waals surface area contributed by atoms with Crippen LogP contribution >= 0.6 is 11.6 Å². The molecular weight excluding hydrogens is 302 g/mol. The van der Waals surface area contributed by atoms with Gasteiger partial charge in [-0.05, 0) is 12.1 Å². The molecule has 0 N–H and O–H groups in total. The van der Waals surface area contributed by atoms with E-state index in [0.29, 0.717) is 35.1 Å². The zero-order chi connectivity index (χ0) is 14.3. The fourth-order valence-corrected chi connectivity index (χ4v) is 3.79. The Kier molecular flexibility index (Phi) is 3.18. The lowest BCUT2D eigenvalue weighted by Gasteiger charge is -2.30. The number of anilines is 1. The third-order valence-electron chi connectivity index (χ3n) is 3.44. The van der Waals surface area contributed by atoms with Gasteiger partial charge in [0.15, 0.2) is 21.3 Å². The number of pyridine rings is 1. The van der Waals surface area contributed by atoms with Crippen LogP contribution in [0.1, 0.15) is 10.4 Å². The quantitative estimate of drug-likeness (QED) is 0.775. The Hall–Kier alpha value is -1.60. The zero-order valence-electron chi connectivity index (χ0n) is 10.5. The number of hydrogen-bond donors (Lipinski definition) is 0. The molecule has 0 radical (unpaired) electrons. The minimum absolute atomic E-state index is 0.0874. The summed E-state index contributed by atoms with van der Waals surface area (Å²) in [4.78, 5) is 17.1. The van der Waals surface area contributed by atoms with Crippen molar-refractivity contribution in [2.75, 3.05) is 29.5 Å². The minimum Gasteiger partial charge on any atom is -0.355 e. The molecule has 0 spiro atoms. The number of hydrogen-bond acceptors (Lipinski definition) is 5. The van der Waals surface area contributed by atoms with E-state index < -0.39 is 9.84 Å². The molecular formula is C12H12ClN3O3S. The van der Waals surface area contributed by atoms with E-state index in [2.05, 4.69) is 4.98 Å². The van der Waals surface area contributed by atoms with Gasteiger partial charge in [0.1, 0.15) is 12.1 Å².